The van der Waals surface area contributed by atoms with Crippen LogP contribution in [0.5, 0.6) is 0 Å². The van der Waals surface area contributed by atoms with Crippen molar-refractivity contribution in [2.75, 3.05) is 13.1 Å². The predicted molar refractivity (Wildman–Crippen MR) is 136 cm³/mol. The summed E-state index contributed by atoms with van der Waals surface area (Å²) >= 11 is 0. The molecule has 3 rings (SSSR count). The molecule has 4 heteroatoms. The minimum absolute atomic E-state index is 0.0328. The number of carbonyl (C=O) groups excluding carboxylic acids is 1. The molecule has 0 radical (unpaired) electrons. The van der Waals surface area contributed by atoms with E-state index in [0.717, 1.165) is 57.3 Å². The molecule has 1 fully saturated rings. The third kappa shape index (κ3) is 6.55. The Kier molecular flexibility index (Phi) is 8.86. The number of amides is 1. The Bertz CT molecular complexity index is 1020. The van der Waals surface area contributed by atoms with Crippen LogP contribution in [0.25, 0.3) is 5.57 Å². The molecule has 33 heavy (non-hydrogen) atoms. The fourth-order valence-corrected chi connectivity index (χ4v) is 4.78. The number of likely N-dealkylation sites (tertiary alicyclic amines) is 1. The smallest absolute Gasteiger partial charge is 0.251 e. The van der Waals surface area contributed by atoms with Crippen molar-refractivity contribution in [2.45, 2.75) is 72.4 Å². The van der Waals surface area contributed by atoms with Gasteiger partial charge in [-0.1, -0.05) is 44.0 Å². The fraction of sp³-hybridized carbons (Fsp3) is 0.448. The summed E-state index contributed by atoms with van der Waals surface area (Å²) in [6.07, 6.45) is 5.13. The maximum Gasteiger partial charge on any atom is 0.251 e. The summed E-state index contributed by atoms with van der Waals surface area (Å²) in [6.45, 7) is 11.6. The molecule has 1 aliphatic heterocycles. The summed E-state index contributed by atoms with van der Waals surface area (Å²) < 4.78 is 0. The number of hydrogen-bond acceptors (Lipinski definition) is 3. The molecule has 0 saturated carbocycles. The van der Waals surface area contributed by atoms with Crippen LogP contribution in [0, 0.1) is 18.3 Å². The van der Waals surface area contributed by atoms with Gasteiger partial charge in [0.15, 0.2) is 0 Å². The SMILES string of the molecule is CCC/C(C)=C(\CC)c1cc(C(=O)NC2CCN(Cc3ccc(C#N)cc3)CC2)ccc1C. The standard InChI is InChI=1S/C29H37N3O/c1-5-7-21(3)27(6-2)28-18-25(13-8-22(28)4)29(33)31-26-14-16-32(17-15-26)20-24-11-9-23(19-30)10-12-24/h8-13,18,26H,5-7,14-17,20H2,1-4H3,(H,31,33)/b27-21+. The van der Waals surface area contributed by atoms with E-state index in [1.165, 1.54) is 27.8 Å². The highest BCUT2D eigenvalue weighted by Crippen LogP contribution is 2.28. The van der Waals surface area contributed by atoms with Crippen LogP contribution >= 0.6 is 0 Å². The second-order valence-corrected chi connectivity index (χ2v) is 9.22. The molecule has 1 N–H and O–H groups in total. The molecule has 1 aliphatic rings. The zero-order valence-electron chi connectivity index (χ0n) is 20.6. The van der Waals surface area contributed by atoms with Gasteiger partial charge in [-0.25, -0.2) is 0 Å². The topological polar surface area (TPSA) is 56.1 Å². The lowest BCUT2D eigenvalue weighted by molar-refractivity contribution is 0.0909. The maximum absolute atomic E-state index is 13.0. The van der Waals surface area contributed by atoms with Crippen molar-refractivity contribution in [2.24, 2.45) is 0 Å². The third-order valence-electron chi connectivity index (χ3n) is 6.73. The fourth-order valence-electron chi connectivity index (χ4n) is 4.78. The number of carbonyl (C=O) groups is 1. The van der Waals surface area contributed by atoms with Crippen LogP contribution in [0.1, 0.15) is 85.5 Å². The van der Waals surface area contributed by atoms with E-state index in [1.807, 2.05) is 30.3 Å². The molecule has 0 bridgehead atoms. The first-order valence-corrected chi connectivity index (χ1v) is 12.3. The van der Waals surface area contributed by atoms with Crippen LogP contribution in [0.3, 0.4) is 0 Å². The number of allylic oxidation sites excluding steroid dienone is 2. The molecule has 0 aromatic heterocycles. The van der Waals surface area contributed by atoms with Crippen molar-refractivity contribution in [1.29, 1.82) is 5.26 Å². The minimum Gasteiger partial charge on any atom is -0.349 e. The molecule has 1 amide bonds. The molecule has 174 valence electrons. The molecule has 1 heterocycles. The number of nitrogens with one attached hydrogen (secondary N) is 1. The monoisotopic (exact) mass is 443 g/mol. The Morgan fingerprint density at radius 2 is 1.82 bits per heavy atom. The minimum atomic E-state index is 0.0328. The number of piperidine rings is 1. The lowest BCUT2D eigenvalue weighted by Crippen LogP contribution is -2.44. The summed E-state index contributed by atoms with van der Waals surface area (Å²) in [4.78, 5) is 15.5. The molecule has 2 aromatic carbocycles. The summed E-state index contributed by atoms with van der Waals surface area (Å²) in [6, 6.07) is 16.3. The van der Waals surface area contributed by atoms with E-state index in [1.54, 1.807) is 0 Å². The Balaban J connectivity index is 1.59. The highest BCUT2D eigenvalue weighted by atomic mass is 16.1. The van der Waals surface area contributed by atoms with Gasteiger partial charge in [-0.2, -0.15) is 5.26 Å². The summed E-state index contributed by atoms with van der Waals surface area (Å²) in [5.74, 6) is 0.0328. The van der Waals surface area contributed by atoms with Gasteiger partial charge in [0.1, 0.15) is 0 Å². The molecule has 0 unspecified atom stereocenters. The van der Waals surface area contributed by atoms with E-state index in [9.17, 15) is 4.79 Å². The van der Waals surface area contributed by atoms with Crippen LogP contribution in [0.15, 0.2) is 48.0 Å². The number of rotatable bonds is 8. The van der Waals surface area contributed by atoms with E-state index in [-0.39, 0.29) is 11.9 Å². The van der Waals surface area contributed by atoms with Crippen LogP contribution in [0.2, 0.25) is 0 Å². The Morgan fingerprint density at radius 1 is 1.12 bits per heavy atom. The van der Waals surface area contributed by atoms with Crippen LogP contribution < -0.4 is 5.32 Å². The van der Waals surface area contributed by atoms with Gasteiger partial charge in [-0.3, -0.25) is 9.69 Å². The van der Waals surface area contributed by atoms with Gasteiger partial charge < -0.3 is 5.32 Å². The molecule has 0 spiro atoms. The molecule has 2 aromatic rings. The zero-order valence-corrected chi connectivity index (χ0v) is 20.6. The van der Waals surface area contributed by atoms with Crippen molar-refractivity contribution in [1.82, 2.24) is 10.2 Å². The summed E-state index contributed by atoms with van der Waals surface area (Å²) in [5.41, 5.74) is 7.92. The first-order chi connectivity index (χ1) is 15.9. The normalized spacial score (nSPS) is 15.6. The second kappa shape index (κ2) is 11.8. The lowest BCUT2D eigenvalue weighted by Gasteiger charge is -2.32. The second-order valence-electron chi connectivity index (χ2n) is 9.22. The molecular formula is C29H37N3O. The van der Waals surface area contributed by atoms with Crippen molar-refractivity contribution in [3.05, 3.63) is 75.9 Å². The molecule has 0 atom stereocenters. The van der Waals surface area contributed by atoms with Crippen LogP contribution in [-0.4, -0.2) is 29.9 Å². The summed E-state index contributed by atoms with van der Waals surface area (Å²) in [7, 11) is 0. The highest BCUT2D eigenvalue weighted by Gasteiger charge is 2.22. The van der Waals surface area contributed by atoms with E-state index in [4.69, 9.17) is 5.26 Å². The largest absolute Gasteiger partial charge is 0.349 e. The van der Waals surface area contributed by atoms with Gasteiger partial charge in [-0.05, 0) is 86.1 Å². The maximum atomic E-state index is 13.0. The van der Waals surface area contributed by atoms with E-state index in [0.29, 0.717) is 5.56 Å². The molecule has 4 nitrogen and oxygen atoms in total. The Labute approximate surface area is 199 Å². The summed E-state index contributed by atoms with van der Waals surface area (Å²) in [5, 5.41) is 12.2. The third-order valence-corrected chi connectivity index (χ3v) is 6.73. The van der Waals surface area contributed by atoms with Gasteiger partial charge in [0, 0.05) is 31.2 Å². The Morgan fingerprint density at radius 3 is 2.42 bits per heavy atom. The predicted octanol–water partition coefficient (Wildman–Crippen LogP) is 6.24. The van der Waals surface area contributed by atoms with Crippen LogP contribution in [-0.2, 0) is 6.54 Å². The van der Waals surface area contributed by atoms with E-state index in [2.05, 4.69) is 56.1 Å². The van der Waals surface area contributed by atoms with E-state index < -0.39 is 0 Å². The number of benzene rings is 2. The van der Waals surface area contributed by atoms with Gasteiger partial charge in [0.25, 0.3) is 5.91 Å². The lowest BCUT2D eigenvalue weighted by atomic mass is 9.91. The van der Waals surface area contributed by atoms with Gasteiger partial charge >= 0.3 is 0 Å². The van der Waals surface area contributed by atoms with Crippen molar-refractivity contribution >= 4 is 11.5 Å². The average Bonchev–Trinajstić information content (AvgIpc) is 2.82. The number of nitriles is 1. The molecular weight excluding hydrogens is 406 g/mol. The van der Waals surface area contributed by atoms with Crippen molar-refractivity contribution in [3.63, 3.8) is 0 Å². The van der Waals surface area contributed by atoms with Crippen molar-refractivity contribution < 1.29 is 4.79 Å². The molecule has 0 aliphatic carbocycles. The zero-order chi connectivity index (χ0) is 23.8. The van der Waals surface area contributed by atoms with Gasteiger partial charge in [0.05, 0.1) is 11.6 Å². The first kappa shape index (κ1) is 24.7. The number of nitrogens with zero attached hydrogens (tertiary/aromatic N) is 2. The highest BCUT2D eigenvalue weighted by molar-refractivity contribution is 5.95. The molecule has 1 saturated heterocycles. The van der Waals surface area contributed by atoms with Gasteiger partial charge in [-0.15, -0.1) is 0 Å². The average molecular weight is 444 g/mol. The quantitative estimate of drug-likeness (QED) is 0.525. The Hall–Kier alpha value is -2.90. The van der Waals surface area contributed by atoms with E-state index >= 15 is 0 Å². The van der Waals surface area contributed by atoms with Gasteiger partial charge in [0.2, 0.25) is 0 Å². The number of hydrogen-bond donors (Lipinski definition) is 1. The van der Waals surface area contributed by atoms with Crippen LogP contribution in [0.4, 0.5) is 0 Å². The number of aryl methyl sites for hydroxylation is 1. The van der Waals surface area contributed by atoms with Crippen molar-refractivity contribution in [3.8, 4) is 6.07 Å². The first-order valence-electron chi connectivity index (χ1n) is 12.3.